The molecule has 0 aromatic carbocycles. The summed E-state index contributed by atoms with van der Waals surface area (Å²) in [4.78, 5) is 72.7. The minimum Gasteiger partial charge on any atom is -0.462 e. The molecule has 3 unspecified atom stereocenters. The molecule has 6 atom stereocenters. The van der Waals surface area contributed by atoms with Crippen LogP contribution >= 0.6 is 15.6 Å². The lowest BCUT2D eigenvalue weighted by Crippen LogP contribution is -2.30. The second kappa shape index (κ2) is 70.1. The summed E-state index contributed by atoms with van der Waals surface area (Å²) in [5.41, 5.74) is 0. The summed E-state index contributed by atoms with van der Waals surface area (Å²) in [6.07, 6.45) is 59.6. The molecular weight excluding hydrogens is 1260 g/mol. The first-order chi connectivity index (χ1) is 46.6. The van der Waals surface area contributed by atoms with Crippen LogP contribution in [0.1, 0.15) is 407 Å². The molecule has 0 spiro atoms. The molecule has 17 nitrogen and oxygen atoms in total. The van der Waals surface area contributed by atoms with E-state index in [0.29, 0.717) is 25.7 Å². The highest BCUT2D eigenvalue weighted by Gasteiger charge is 2.30. The minimum absolute atomic E-state index is 0.107. The summed E-state index contributed by atoms with van der Waals surface area (Å²) in [6.45, 7) is 7.34. The fourth-order valence-electron chi connectivity index (χ4n) is 11.8. The number of aliphatic hydroxyl groups is 1. The van der Waals surface area contributed by atoms with Crippen LogP contribution in [0.15, 0.2) is 0 Å². The highest BCUT2D eigenvalue weighted by molar-refractivity contribution is 7.47. The Balaban J connectivity index is 5.17. The van der Waals surface area contributed by atoms with Gasteiger partial charge in [0.25, 0.3) is 0 Å². The molecule has 3 N–H and O–H groups in total. The predicted octanol–water partition coefficient (Wildman–Crippen LogP) is 22.9. The molecule has 0 amide bonds. The van der Waals surface area contributed by atoms with Crippen molar-refractivity contribution in [2.75, 3.05) is 39.6 Å². The van der Waals surface area contributed by atoms with E-state index in [0.717, 1.165) is 95.8 Å². The van der Waals surface area contributed by atoms with E-state index in [1.165, 1.54) is 231 Å². The number of phosphoric acid groups is 2. The molecule has 0 fully saturated rings. The van der Waals surface area contributed by atoms with Gasteiger partial charge in [-0.1, -0.05) is 356 Å². The molecule has 0 radical (unpaired) electrons. The molecule has 0 aliphatic carbocycles. The van der Waals surface area contributed by atoms with Crippen LogP contribution in [-0.4, -0.2) is 96.7 Å². The minimum atomic E-state index is -4.96. The van der Waals surface area contributed by atoms with Crippen LogP contribution in [0.5, 0.6) is 0 Å². The first-order valence-corrected chi connectivity index (χ1v) is 43.2. The third-order valence-electron chi connectivity index (χ3n) is 18.4. The van der Waals surface area contributed by atoms with Crippen molar-refractivity contribution in [1.82, 2.24) is 0 Å². The van der Waals surface area contributed by atoms with Gasteiger partial charge in [0, 0.05) is 25.7 Å². The van der Waals surface area contributed by atoms with Crippen molar-refractivity contribution in [1.29, 1.82) is 0 Å². The molecule has 0 rings (SSSR count). The van der Waals surface area contributed by atoms with Crippen molar-refractivity contribution < 1.29 is 80.2 Å². The van der Waals surface area contributed by atoms with Crippen LogP contribution in [0.2, 0.25) is 0 Å². The van der Waals surface area contributed by atoms with Gasteiger partial charge in [-0.15, -0.1) is 0 Å². The third kappa shape index (κ3) is 69.2. The number of ether oxygens (including phenoxy) is 4. The number of hydrogen-bond acceptors (Lipinski definition) is 15. The average molecular weight is 1410 g/mol. The summed E-state index contributed by atoms with van der Waals surface area (Å²) in [5, 5.41) is 10.6. The van der Waals surface area contributed by atoms with E-state index in [1.807, 2.05) is 0 Å². The van der Waals surface area contributed by atoms with Gasteiger partial charge in [-0.2, -0.15) is 0 Å². The third-order valence-corrected chi connectivity index (χ3v) is 20.3. The van der Waals surface area contributed by atoms with E-state index in [2.05, 4.69) is 34.6 Å². The smallest absolute Gasteiger partial charge is 0.462 e. The molecule has 19 heteroatoms. The fraction of sp³-hybridized carbons (Fsp3) is 0.948. The summed E-state index contributed by atoms with van der Waals surface area (Å²) < 4.78 is 68.5. The van der Waals surface area contributed by atoms with Crippen molar-refractivity contribution in [2.24, 2.45) is 5.92 Å². The van der Waals surface area contributed by atoms with Crippen LogP contribution in [0.25, 0.3) is 0 Å². The van der Waals surface area contributed by atoms with Crippen LogP contribution in [0, 0.1) is 5.92 Å². The maximum absolute atomic E-state index is 13.1. The molecule has 0 aliphatic rings. The summed E-state index contributed by atoms with van der Waals surface area (Å²) in [6, 6.07) is 0. The summed E-state index contributed by atoms with van der Waals surface area (Å²) in [5.74, 6) is -1.24. The lowest BCUT2D eigenvalue weighted by atomic mass is 9.99. The fourth-order valence-corrected chi connectivity index (χ4v) is 13.4. The SMILES string of the molecule is CCCCCCCCCCCCCCCCCC(=O)OC[C@H](COP(=O)(O)OC[C@@H](O)COP(=O)(O)OC[C@@H](COC(=O)CCCCCCCCCCC)OC(=O)CCCCCCCCCCCC)OC(=O)CCCCCCCCCCCCCCCCCCCCC(C)CC. The summed E-state index contributed by atoms with van der Waals surface area (Å²) in [7, 11) is -9.90. The molecular formula is C77H150O17P2. The number of carbonyl (C=O) groups is 4. The van der Waals surface area contributed by atoms with Crippen molar-refractivity contribution in [3.8, 4) is 0 Å². The molecule has 0 heterocycles. The Morgan fingerprint density at radius 1 is 0.292 bits per heavy atom. The van der Waals surface area contributed by atoms with Gasteiger partial charge in [0.2, 0.25) is 0 Å². The Morgan fingerprint density at radius 3 is 0.740 bits per heavy atom. The normalized spacial score (nSPS) is 14.2. The van der Waals surface area contributed by atoms with Crippen molar-refractivity contribution in [3.63, 3.8) is 0 Å². The van der Waals surface area contributed by atoms with Crippen molar-refractivity contribution in [3.05, 3.63) is 0 Å². The van der Waals surface area contributed by atoms with Gasteiger partial charge in [0.1, 0.15) is 19.3 Å². The van der Waals surface area contributed by atoms with E-state index < -0.39 is 97.5 Å². The quantitative estimate of drug-likeness (QED) is 0.0222. The van der Waals surface area contributed by atoms with Crippen LogP contribution < -0.4 is 0 Å². The van der Waals surface area contributed by atoms with Gasteiger partial charge in [0.05, 0.1) is 26.4 Å². The number of aliphatic hydroxyl groups excluding tert-OH is 1. The predicted molar refractivity (Wildman–Crippen MR) is 391 cm³/mol. The van der Waals surface area contributed by atoms with Gasteiger partial charge in [-0.05, 0) is 31.6 Å². The number of rotatable bonds is 77. The van der Waals surface area contributed by atoms with Gasteiger partial charge in [-0.25, -0.2) is 9.13 Å². The molecule has 0 aromatic heterocycles. The van der Waals surface area contributed by atoms with Crippen molar-refractivity contribution in [2.45, 2.75) is 425 Å². The van der Waals surface area contributed by atoms with Gasteiger partial charge in [0.15, 0.2) is 12.2 Å². The van der Waals surface area contributed by atoms with Crippen LogP contribution in [-0.2, 0) is 65.4 Å². The molecule has 0 saturated heterocycles. The number of phosphoric ester groups is 2. The zero-order valence-corrected chi connectivity index (χ0v) is 64.3. The van der Waals surface area contributed by atoms with Gasteiger partial charge in [-0.3, -0.25) is 37.3 Å². The molecule has 0 aromatic rings. The Kier molecular flexibility index (Phi) is 68.7. The Labute approximate surface area is 588 Å². The molecule has 570 valence electrons. The molecule has 0 bridgehead atoms. The molecule has 96 heavy (non-hydrogen) atoms. The van der Waals surface area contributed by atoms with E-state index in [9.17, 15) is 43.2 Å². The second-order valence-electron chi connectivity index (χ2n) is 28.0. The van der Waals surface area contributed by atoms with Gasteiger partial charge >= 0.3 is 39.5 Å². The number of esters is 4. The zero-order chi connectivity index (χ0) is 70.5. The molecule has 0 saturated carbocycles. The van der Waals surface area contributed by atoms with E-state index in [4.69, 9.17) is 37.0 Å². The van der Waals surface area contributed by atoms with Crippen LogP contribution in [0.4, 0.5) is 0 Å². The standard InChI is InChI=1S/C77H150O17P2/c1-6-10-13-16-19-22-24-25-30-34-37-42-46-51-56-61-75(80)88-67-73(94-77(82)63-58-53-48-43-38-35-32-29-27-26-28-31-33-36-40-44-49-54-59-70(5)9-4)69-92-96(85,86)90-65-71(78)64-89-95(83,84)91-68-72(66-87-74(79)60-55-50-45-39-21-18-15-12-8-3)93-76(81)62-57-52-47-41-23-20-17-14-11-7-2/h70-73,78H,6-69H2,1-5H3,(H,83,84)(H,85,86)/t70?,71-,72+,73+/m0/s1. The zero-order valence-electron chi connectivity index (χ0n) is 62.5. The first-order valence-electron chi connectivity index (χ1n) is 40.2. The Hall–Kier alpha value is -1.94. The lowest BCUT2D eigenvalue weighted by molar-refractivity contribution is -0.161. The number of hydrogen-bond donors (Lipinski definition) is 3. The summed E-state index contributed by atoms with van der Waals surface area (Å²) >= 11 is 0. The van der Waals surface area contributed by atoms with Gasteiger partial charge < -0.3 is 33.8 Å². The Morgan fingerprint density at radius 2 is 0.500 bits per heavy atom. The largest absolute Gasteiger partial charge is 0.472 e. The second-order valence-corrected chi connectivity index (χ2v) is 30.9. The van der Waals surface area contributed by atoms with E-state index >= 15 is 0 Å². The van der Waals surface area contributed by atoms with E-state index in [1.54, 1.807) is 0 Å². The lowest BCUT2D eigenvalue weighted by Gasteiger charge is -2.21. The number of unbranched alkanes of at least 4 members (excludes halogenated alkanes) is 48. The number of carbonyl (C=O) groups excluding carboxylic acids is 4. The average Bonchev–Trinajstić information content (AvgIpc) is 1.71. The maximum Gasteiger partial charge on any atom is 0.472 e. The Bertz CT molecular complexity index is 1840. The van der Waals surface area contributed by atoms with E-state index in [-0.39, 0.29) is 25.7 Å². The van der Waals surface area contributed by atoms with Crippen molar-refractivity contribution >= 4 is 39.5 Å². The maximum atomic E-state index is 13.1. The molecule has 0 aliphatic heterocycles. The highest BCUT2D eigenvalue weighted by atomic mass is 31.2. The highest BCUT2D eigenvalue weighted by Crippen LogP contribution is 2.45. The van der Waals surface area contributed by atoms with Crippen LogP contribution in [0.3, 0.4) is 0 Å². The first kappa shape index (κ1) is 94.1. The monoisotopic (exact) mass is 1410 g/mol. The topological polar surface area (TPSA) is 237 Å².